The third kappa shape index (κ3) is 4.40. The van der Waals surface area contributed by atoms with Crippen LogP contribution in [-0.2, 0) is 0 Å². The third-order valence-electron chi connectivity index (χ3n) is 2.70. The van der Waals surface area contributed by atoms with Gasteiger partial charge in [0, 0.05) is 23.9 Å². The lowest BCUT2D eigenvalue weighted by molar-refractivity contribution is -0.385. The first kappa shape index (κ1) is 15.2. The summed E-state index contributed by atoms with van der Waals surface area (Å²) in [6.07, 6.45) is 1.54. The number of rotatable bonds is 8. The van der Waals surface area contributed by atoms with Gasteiger partial charge >= 0.3 is 5.69 Å². The normalized spacial score (nSPS) is 11.9. The zero-order valence-corrected chi connectivity index (χ0v) is 11.3. The molecule has 0 aliphatic heterocycles. The van der Waals surface area contributed by atoms with Crippen molar-refractivity contribution < 1.29 is 14.8 Å². The summed E-state index contributed by atoms with van der Waals surface area (Å²) in [4.78, 5) is 10.4. The minimum absolute atomic E-state index is 0.0125. The summed E-state index contributed by atoms with van der Waals surface area (Å²) in [6.45, 7) is 4.33. The molecule has 0 spiro atoms. The number of ether oxygens (including phenoxy) is 1. The second-order valence-corrected chi connectivity index (χ2v) is 4.22. The van der Waals surface area contributed by atoms with E-state index in [-0.39, 0.29) is 24.1 Å². The predicted octanol–water partition coefficient (Wildman–Crippen LogP) is 2.57. The molecule has 1 aromatic carbocycles. The van der Waals surface area contributed by atoms with E-state index in [1.807, 2.05) is 13.8 Å². The Morgan fingerprint density at radius 3 is 2.74 bits per heavy atom. The van der Waals surface area contributed by atoms with Gasteiger partial charge in [-0.1, -0.05) is 13.8 Å². The lowest BCUT2D eigenvalue weighted by Gasteiger charge is -2.16. The van der Waals surface area contributed by atoms with E-state index in [1.165, 1.54) is 6.07 Å². The van der Waals surface area contributed by atoms with E-state index >= 15 is 0 Å². The molecule has 1 rings (SSSR count). The molecule has 1 unspecified atom stereocenters. The van der Waals surface area contributed by atoms with E-state index in [2.05, 4.69) is 5.32 Å². The molecule has 19 heavy (non-hydrogen) atoms. The van der Waals surface area contributed by atoms with Gasteiger partial charge in [0.25, 0.3) is 0 Å². The molecule has 0 fully saturated rings. The van der Waals surface area contributed by atoms with E-state index in [4.69, 9.17) is 9.84 Å². The first-order valence-electron chi connectivity index (χ1n) is 6.41. The van der Waals surface area contributed by atoms with Gasteiger partial charge in [-0.3, -0.25) is 10.1 Å². The van der Waals surface area contributed by atoms with E-state index in [1.54, 1.807) is 12.1 Å². The molecule has 0 amide bonds. The highest BCUT2D eigenvalue weighted by Gasteiger charge is 2.16. The van der Waals surface area contributed by atoms with Crippen LogP contribution in [0.25, 0.3) is 0 Å². The van der Waals surface area contributed by atoms with E-state index in [0.717, 1.165) is 12.8 Å². The SMILES string of the molecule is CCCOc1cc(NC(CC)CO)ccc1[N+](=O)[O-]. The zero-order chi connectivity index (χ0) is 14.3. The van der Waals surface area contributed by atoms with Gasteiger partial charge in [-0.25, -0.2) is 0 Å². The summed E-state index contributed by atoms with van der Waals surface area (Å²) in [6, 6.07) is 4.57. The highest BCUT2D eigenvalue weighted by atomic mass is 16.6. The smallest absolute Gasteiger partial charge is 0.311 e. The Morgan fingerprint density at radius 2 is 2.21 bits per heavy atom. The van der Waals surface area contributed by atoms with Gasteiger partial charge in [0.1, 0.15) is 0 Å². The standard InChI is InChI=1S/C13H20N2O4/c1-3-7-19-13-8-11(14-10(4-2)9-16)5-6-12(13)15(17)18/h5-6,8,10,14,16H,3-4,7,9H2,1-2H3. The number of hydrogen-bond acceptors (Lipinski definition) is 5. The van der Waals surface area contributed by atoms with E-state index < -0.39 is 4.92 Å². The molecule has 1 aromatic rings. The van der Waals surface area contributed by atoms with Crippen molar-refractivity contribution in [3.8, 4) is 5.75 Å². The van der Waals surface area contributed by atoms with Crippen LogP contribution >= 0.6 is 0 Å². The van der Waals surface area contributed by atoms with Crippen molar-refractivity contribution in [2.75, 3.05) is 18.5 Å². The molecule has 0 aliphatic rings. The maximum Gasteiger partial charge on any atom is 0.311 e. The number of benzene rings is 1. The predicted molar refractivity (Wildman–Crippen MR) is 73.7 cm³/mol. The Kier molecular flexibility index (Phi) is 6.08. The molecule has 6 nitrogen and oxygen atoms in total. The fourth-order valence-electron chi connectivity index (χ4n) is 1.59. The number of hydrogen-bond donors (Lipinski definition) is 2. The van der Waals surface area contributed by atoms with Crippen LogP contribution in [0.5, 0.6) is 5.75 Å². The highest BCUT2D eigenvalue weighted by Crippen LogP contribution is 2.30. The van der Waals surface area contributed by atoms with Crippen molar-refractivity contribution in [1.29, 1.82) is 0 Å². The lowest BCUT2D eigenvalue weighted by Crippen LogP contribution is -2.22. The molecule has 2 N–H and O–H groups in total. The summed E-state index contributed by atoms with van der Waals surface area (Å²) in [5, 5.41) is 23.1. The number of nitro groups is 1. The highest BCUT2D eigenvalue weighted by molar-refractivity contribution is 5.58. The van der Waals surface area contributed by atoms with Crippen molar-refractivity contribution in [3.63, 3.8) is 0 Å². The van der Waals surface area contributed by atoms with Gasteiger partial charge in [-0.05, 0) is 18.9 Å². The van der Waals surface area contributed by atoms with Crippen LogP contribution in [0.4, 0.5) is 11.4 Å². The maximum atomic E-state index is 10.9. The number of nitrogens with one attached hydrogen (secondary N) is 1. The van der Waals surface area contributed by atoms with Crippen LogP contribution in [0.15, 0.2) is 18.2 Å². The summed E-state index contributed by atoms with van der Waals surface area (Å²) in [7, 11) is 0. The summed E-state index contributed by atoms with van der Waals surface area (Å²) < 4.78 is 5.39. The van der Waals surface area contributed by atoms with Gasteiger partial charge in [0.2, 0.25) is 0 Å². The largest absolute Gasteiger partial charge is 0.487 e. The van der Waals surface area contributed by atoms with Crippen LogP contribution in [0, 0.1) is 10.1 Å². The van der Waals surface area contributed by atoms with Gasteiger partial charge in [-0.2, -0.15) is 0 Å². The fourth-order valence-corrected chi connectivity index (χ4v) is 1.59. The Bertz CT molecular complexity index is 419. The molecule has 0 aromatic heterocycles. The Labute approximate surface area is 112 Å². The molecular formula is C13H20N2O4. The molecule has 0 heterocycles. The van der Waals surface area contributed by atoms with Gasteiger partial charge in [0.05, 0.1) is 18.1 Å². The average molecular weight is 268 g/mol. The maximum absolute atomic E-state index is 10.9. The van der Waals surface area contributed by atoms with Crippen molar-refractivity contribution in [1.82, 2.24) is 0 Å². The van der Waals surface area contributed by atoms with Crippen LogP contribution in [-0.4, -0.2) is 29.3 Å². The van der Waals surface area contributed by atoms with Crippen molar-refractivity contribution in [2.24, 2.45) is 0 Å². The lowest BCUT2D eigenvalue weighted by atomic mass is 10.2. The minimum Gasteiger partial charge on any atom is -0.487 e. The van der Waals surface area contributed by atoms with Gasteiger partial charge < -0.3 is 15.2 Å². The molecule has 0 bridgehead atoms. The number of aliphatic hydroxyl groups is 1. The van der Waals surface area contributed by atoms with Crippen LogP contribution in [0.1, 0.15) is 26.7 Å². The van der Waals surface area contributed by atoms with Crippen LogP contribution in [0.2, 0.25) is 0 Å². The number of nitrogens with zero attached hydrogens (tertiary/aromatic N) is 1. The van der Waals surface area contributed by atoms with Crippen molar-refractivity contribution in [3.05, 3.63) is 28.3 Å². The van der Waals surface area contributed by atoms with Crippen molar-refractivity contribution in [2.45, 2.75) is 32.7 Å². The molecule has 1 atom stereocenters. The molecule has 0 radical (unpaired) electrons. The molecule has 0 saturated carbocycles. The topological polar surface area (TPSA) is 84.6 Å². The number of aliphatic hydroxyl groups excluding tert-OH is 1. The minimum atomic E-state index is -0.460. The summed E-state index contributed by atoms with van der Waals surface area (Å²) in [5.41, 5.74) is 0.661. The van der Waals surface area contributed by atoms with Crippen LogP contribution in [0.3, 0.4) is 0 Å². The molecule has 6 heteroatoms. The fraction of sp³-hybridized carbons (Fsp3) is 0.538. The van der Waals surface area contributed by atoms with Crippen molar-refractivity contribution >= 4 is 11.4 Å². The van der Waals surface area contributed by atoms with Gasteiger partial charge in [-0.15, -0.1) is 0 Å². The summed E-state index contributed by atoms with van der Waals surface area (Å²) >= 11 is 0. The second-order valence-electron chi connectivity index (χ2n) is 4.22. The number of anilines is 1. The molecule has 0 saturated heterocycles. The molecule has 0 aliphatic carbocycles. The van der Waals surface area contributed by atoms with Gasteiger partial charge in [0.15, 0.2) is 5.75 Å². The van der Waals surface area contributed by atoms with E-state index in [9.17, 15) is 10.1 Å². The summed E-state index contributed by atoms with van der Waals surface area (Å²) in [5.74, 6) is 0.254. The monoisotopic (exact) mass is 268 g/mol. The number of nitro benzene ring substituents is 1. The Balaban J connectivity index is 2.93. The zero-order valence-electron chi connectivity index (χ0n) is 11.3. The van der Waals surface area contributed by atoms with Crippen LogP contribution < -0.4 is 10.1 Å². The molecular weight excluding hydrogens is 248 g/mol. The average Bonchev–Trinajstić information content (AvgIpc) is 2.42. The third-order valence-corrected chi connectivity index (χ3v) is 2.70. The first-order chi connectivity index (χ1) is 9.12. The van der Waals surface area contributed by atoms with E-state index in [0.29, 0.717) is 12.3 Å². The second kappa shape index (κ2) is 7.58. The Hall–Kier alpha value is -1.82. The molecule has 106 valence electrons. The Morgan fingerprint density at radius 1 is 1.47 bits per heavy atom. The first-order valence-corrected chi connectivity index (χ1v) is 6.41. The quantitative estimate of drug-likeness (QED) is 0.559.